The van der Waals surface area contributed by atoms with E-state index in [1.54, 1.807) is 0 Å². The quantitative estimate of drug-likeness (QED) is 0.328. The highest BCUT2D eigenvalue weighted by Gasteiger charge is 2.25. The molecule has 3 N–H and O–H groups in total. The van der Waals surface area contributed by atoms with Crippen LogP contribution in [0.15, 0.2) is 60.9 Å². The van der Waals surface area contributed by atoms with Crippen molar-refractivity contribution in [2.45, 2.75) is 25.1 Å². The van der Waals surface area contributed by atoms with Crippen molar-refractivity contribution in [3.63, 3.8) is 0 Å². The summed E-state index contributed by atoms with van der Waals surface area (Å²) in [4.78, 5) is 15.9. The first-order valence-corrected chi connectivity index (χ1v) is 12.0. The van der Waals surface area contributed by atoms with E-state index in [1.165, 1.54) is 5.32 Å². The van der Waals surface area contributed by atoms with E-state index >= 15 is 0 Å². The number of nitrogens with zero attached hydrogens (tertiary/aromatic N) is 5. The van der Waals surface area contributed by atoms with E-state index < -0.39 is 12.7 Å². The molecule has 0 radical (unpaired) electrons. The van der Waals surface area contributed by atoms with Crippen LogP contribution >= 0.6 is 0 Å². The van der Waals surface area contributed by atoms with Gasteiger partial charge in [-0.05, 0) is 49.2 Å². The predicted molar refractivity (Wildman–Crippen MR) is 139 cm³/mol. The van der Waals surface area contributed by atoms with Gasteiger partial charge in [-0.25, -0.2) is 4.98 Å². The average molecular weight is 528 g/mol. The second kappa shape index (κ2) is 11.9. The smallest absolute Gasteiger partial charge is 0.391 e. The number of hydrogen-bond donors (Lipinski definition) is 3. The Balaban J connectivity index is 0.000000368. The molecule has 5 rings (SSSR count). The number of anilines is 2. The summed E-state index contributed by atoms with van der Waals surface area (Å²) in [6, 6.07) is 16.3. The Hall–Kier alpha value is -4.19. The first kappa shape index (κ1) is 26.9. The van der Waals surface area contributed by atoms with Crippen molar-refractivity contribution in [1.29, 1.82) is 0 Å². The summed E-state index contributed by atoms with van der Waals surface area (Å²) >= 11 is 0. The molecule has 0 bridgehead atoms. The Bertz CT molecular complexity index is 1360. The average Bonchev–Trinajstić information content (AvgIpc) is 3.35. The lowest BCUT2D eigenvalue weighted by atomic mass is 10.1. The van der Waals surface area contributed by atoms with Gasteiger partial charge in [0.05, 0.1) is 23.7 Å². The molecule has 0 saturated carbocycles. The van der Waals surface area contributed by atoms with Gasteiger partial charge in [0.1, 0.15) is 12.2 Å². The molecule has 9 nitrogen and oxygen atoms in total. The number of aliphatic hydroxyl groups is 1. The monoisotopic (exact) mass is 527 g/mol. The molecule has 0 spiro atoms. The molecule has 3 aromatic heterocycles. The van der Waals surface area contributed by atoms with Crippen LogP contribution in [0.3, 0.4) is 0 Å². The molecule has 0 aliphatic carbocycles. The van der Waals surface area contributed by atoms with E-state index in [4.69, 9.17) is 0 Å². The molecule has 4 heterocycles. The topological polar surface area (TPSA) is 108 Å². The Labute approximate surface area is 217 Å². The summed E-state index contributed by atoms with van der Waals surface area (Å²) in [6.45, 7) is 0.269. The second-order valence-electron chi connectivity index (χ2n) is 8.75. The van der Waals surface area contributed by atoms with Crippen LogP contribution in [0, 0.1) is 0 Å². The Morgan fingerprint density at radius 2 is 1.97 bits per heavy atom. The minimum atomic E-state index is -4.29. The molecule has 200 valence electrons. The standard InChI is InChI=1S/C23H24N6O.C3H4F3NO/c1-24-18-5-2-4-17(12-18)21-14-25-23-13-16(9-11-29(21)23)20-7-8-22(27-26-20)28-10-3-6-19(30)15-28;4-3(5,6)1-7-2-8/h2,4-5,7-9,11-14,19,24,30H,3,6,10,15H2,1H3;2H,1H2,(H,7,8). The number of β-amino-alcohol motifs (C(OH)–C–C–N with tert-alkyl or cyclic N) is 1. The van der Waals surface area contributed by atoms with Crippen LogP contribution in [0.2, 0.25) is 0 Å². The van der Waals surface area contributed by atoms with Crippen LogP contribution in [0.5, 0.6) is 0 Å². The van der Waals surface area contributed by atoms with E-state index in [0.717, 1.165) is 59.1 Å². The zero-order valence-corrected chi connectivity index (χ0v) is 20.7. The van der Waals surface area contributed by atoms with E-state index in [1.807, 2.05) is 55.8 Å². The molecular weight excluding hydrogens is 499 g/mol. The molecule has 4 aromatic rings. The van der Waals surface area contributed by atoms with Gasteiger partial charge in [0.15, 0.2) is 5.82 Å². The lowest BCUT2D eigenvalue weighted by molar-refractivity contribution is -0.132. The van der Waals surface area contributed by atoms with Crippen molar-refractivity contribution in [2.24, 2.45) is 0 Å². The fraction of sp³-hybridized carbons (Fsp3) is 0.308. The number of fused-ring (bicyclic) bond motifs is 1. The van der Waals surface area contributed by atoms with Gasteiger partial charge in [0.2, 0.25) is 6.41 Å². The zero-order valence-electron chi connectivity index (χ0n) is 20.7. The Morgan fingerprint density at radius 3 is 2.63 bits per heavy atom. The SMILES string of the molecule is CNc1cccc(-c2cnc3cc(-c4ccc(N5CCCC(O)C5)nn4)ccn23)c1.O=CNCC(F)(F)F. The zero-order chi connectivity index (χ0) is 27.1. The maximum atomic E-state index is 11.0. The summed E-state index contributed by atoms with van der Waals surface area (Å²) in [7, 11) is 1.92. The highest BCUT2D eigenvalue weighted by atomic mass is 19.4. The number of carbonyl (C=O) groups excluding carboxylic acids is 1. The van der Waals surface area contributed by atoms with Crippen molar-refractivity contribution in [3.05, 3.63) is 60.9 Å². The van der Waals surface area contributed by atoms with Crippen LogP contribution in [-0.4, -0.2) is 70.1 Å². The number of alkyl halides is 3. The summed E-state index contributed by atoms with van der Waals surface area (Å²) in [6.07, 6.45) is 1.17. The molecule has 1 fully saturated rings. The maximum absolute atomic E-state index is 11.0. The van der Waals surface area contributed by atoms with Gasteiger partial charge >= 0.3 is 6.18 Å². The Morgan fingerprint density at radius 1 is 1.13 bits per heavy atom. The number of aromatic nitrogens is 4. The molecule has 12 heteroatoms. The van der Waals surface area contributed by atoms with Gasteiger partial charge in [0, 0.05) is 43.1 Å². The number of hydrogen-bond acceptors (Lipinski definition) is 7. The first-order valence-electron chi connectivity index (χ1n) is 12.0. The second-order valence-corrected chi connectivity index (χ2v) is 8.75. The molecule has 1 aromatic carbocycles. The minimum Gasteiger partial charge on any atom is -0.391 e. The van der Waals surface area contributed by atoms with Gasteiger partial charge in [-0.2, -0.15) is 13.2 Å². The van der Waals surface area contributed by atoms with Gasteiger partial charge < -0.3 is 20.6 Å². The number of benzene rings is 1. The third kappa shape index (κ3) is 6.76. The molecule has 1 saturated heterocycles. The molecule has 1 atom stereocenters. The fourth-order valence-electron chi connectivity index (χ4n) is 4.16. The minimum absolute atomic E-state index is 0.00743. The number of piperidine rings is 1. The molecule has 38 heavy (non-hydrogen) atoms. The van der Waals surface area contributed by atoms with Crippen molar-refractivity contribution >= 4 is 23.6 Å². The third-order valence-electron chi connectivity index (χ3n) is 6.01. The first-order chi connectivity index (χ1) is 18.3. The summed E-state index contributed by atoms with van der Waals surface area (Å²) in [5.74, 6) is 0.811. The molecule has 1 aliphatic rings. The van der Waals surface area contributed by atoms with Gasteiger partial charge in [-0.3, -0.25) is 9.20 Å². The van der Waals surface area contributed by atoms with Crippen molar-refractivity contribution in [2.75, 3.05) is 36.9 Å². The van der Waals surface area contributed by atoms with Crippen molar-refractivity contribution in [3.8, 4) is 22.5 Å². The Kier molecular flexibility index (Phi) is 8.41. The van der Waals surface area contributed by atoms with E-state index in [0.29, 0.717) is 6.54 Å². The van der Waals surface area contributed by atoms with E-state index in [2.05, 4.69) is 41.9 Å². The number of aliphatic hydroxyl groups excluding tert-OH is 1. The molecule has 1 amide bonds. The largest absolute Gasteiger partial charge is 0.405 e. The van der Waals surface area contributed by atoms with Crippen molar-refractivity contribution < 1.29 is 23.1 Å². The van der Waals surface area contributed by atoms with Crippen LogP contribution in [0.4, 0.5) is 24.7 Å². The van der Waals surface area contributed by atoms with Gasteiger partial charge in [0.25, 0.3) is 0 Å². The lowest BCUT2D eigenvalue weighted by Gasteiger charge is -2.30. The van der Waals surface area contributed by atoms with Gasteiger partial charge in [-0.1, -0.05) is 12.1 Å². The molecular formula is C26H28F3N7O2. The summed E-state index contributed by atoms with van der Waals surface area (Å²) < 4.78 is 35.1. The highest BCUT2D eigenvalue weighted by molar-refractivity contribution is 5.71. The highest BCUT2D eigenvalue weighted by Crippen LogP contribution is 2.27. The van der Waals surface area contributed by atoms with E-state index in [-0.39, 0.29) is 12.5 Å². The summed E-state index contributed by atoms with van der Waals surface area (Å²) in [5, 5.41) is 23.4. The van der Waals surface area contributed by atoms with Crippen LogP contribution in [0.25, 0.3) is 28.2 Å². The van der Waals surface area contributed by atoms with Crippen LogP contribution in [-0.2, 0) is 4.79 Å². The number of rotatable bonds is 6. The number of nitrogens with one attached hydrogen (secondary N) is 2. The lowest BCUT2D eigenvalue weighted by Crippen LogP contribution is -2.38. The maximum Gasteiger partial charge on any atom is 0.405 e. The van der Waals surface area contributed by atoms with Crippen LogP contribution < -0.4 is 15.5 Å². The van der Waals surface area contributed by atoms with Gasteiger partial charge in [-0.15, -0.1) is 10.2 Å². The number of halogens is 3. The number of carbonyl (C=O) groups is 1. The number of imidazole rings is 1. The number of amides is 1. The van der Waals surface area contributed by atoms with Crippen molar-refractivity contribution in [1.82, 2.24) is 24.9 Å². The van der Waals surface area contributed by atoms with Crippen LogP contribution in [0.1, 0.15) is 12.8 Å². The third-order valence-corrected chi connectivity index (χ3v) is 6.01. The molecule has 1 unspecified atom stereocenters. The predicted octanol–water partition coefficient (Wildman–Crippen LogP) is 3.76. The fourth-order valence-corrected chi connectivity index (χ4v) is 4.16. The normalized spacial score (nSPS) is 15.5. The van der Waals surface area contributed by atoms with E-state index in [9.17, 15) is 23.1 Å². The number of pyridine rings is 1. The summed E-state index contributed by atoms with van der Waals surface area (Å²) in [5.41, 5.74) is 5.86. The molecule has 1 aliphatic heterocycles.